The van der Waals surface area contributed by atoms with E-state index in [-0.39, 0.29) is 12.5 Å². The number of benzene rings is 2. The van der Waals surface area contributed by atoms with E-state index in [1.165, 1.54) is 0 Å². The first-order chi connectivity index (χ1) is 12.5. The molecule has 1 heterocycles. The zero-order valence-electron chi connectivity index (χ0n) is 13.5. The largest absolute Gasteiger partial charge is 0.484 e. The van der Waals surface area contributed by atoms with Crippen LogP contribution in [0.15, 0.2) is 59.2 Å². The third-order valence-corrected chi connectivity index (χ3v) is 4.50. The van der Waals surface area contributed by atoms with Gasteiger partial charge in [0, 0.05) is 16.2 Å². The lowest BCUT2D eigenvalue weighted by Gasteiger charge is -2.06. The Balaban J connectivity index is 1.57. The molecule has 5 nitrogen and oxygen atoms in total. The van der Waals surface area contributed by atoms with E-state index < -0.39 is 0 Å². The van der Waals surface area contributed by atoms with Crippen LogP contribution in [0.2, 0.25) is 10.0 Å². The molecule has 0 fully saturated rings. The number of hydrogen-bond acceptors (Lipinski definition) is 3. The summed E-state index contributed by atoms with van der Waals surface area (Å²) in [6, 6.07) is 14.3. The molecule has 1 amide bonds. The summed E-state index contributed by atoms with van der Waals surface area (Å²) in [4.78, 5) is 12.1. The number of nitrogens with one attached hydrogen (secondary N) is 1. The summed E-state index contributed by atoms with van der Waals surface area (Å²) in [6.45, 7) is 0.436. The molecule has 0 aliphatic rings. The van der Waals surface area contributed by atoms with E-state index in [4.69, 9.17) is 27.9 Å². The molecule has 0 saturated carbocycles. The molecule has 1 N–H and O–H groups in total. The van der Waals surface area contributed by atoms with Crippen LogP contribution in [0.1, 0.15) is 5.56 Å². The van der Waals surface area contributed by atoms with Gasteiger partial charge >= 0.3 is 0 Å². The molecule has 134 valence electrons. The maximum atomic E-state index is 12.1. The van der Waals surface area contributed by atoms with E-state index in [2.05, 4.69) is 26.3 Å². The molecule has 0 radical (unpaired) electrons. The van der Waals surface area contributed by atoms with Crippen LogP contribution in [0.3, 0.4) is 0 Å². The summed E-state index contributed by atoms with van der Waals surface area (Å²) in [7, 11) is 0. The highest BCUT2D eigenvalue weighted by Gasteiger charge is 2.11. The summed E-state index contributed by atoms with van der Waals surface area (Å²) in [5, 5.41) is 8.38. The smallest absolute Gasteiger partial charge is 0.263 e. The Bertz CT molecular complexity index is 896. The second-order valence-electron chi connectivity index (χ2n) is 5.44. The van der Waals surface area contributed by atoms with Gasteiger partial charge in [-0.2, -0.15) is 5.10 Å². The van der Waals surface area contributed by atoms with Gasteiger partial charge in [0.05, 0.1) is 11.0 Å². The van der Waals surface area contributed by atoms with Crippen LogP contribution in [0.25, 0.3) is 0 Å². The van der Waals surface area contributed by atoms with Gasteiger partial charge in [-0.05, 0) is 57.9 Å². The van der Waals surface area contributed by atoms with Crippen LogP contribution in [-0.2, 0) is 11.3 Å². The van der Waals surface area contributed by atoms with Crippen molar-refractivity contribution in [3.05, 3.63) is 74.8 Å². The number of nitrogens with zero attached hydrogens (tertiary/aromatic N) is 2. The highest BCUT2D eigenvalue weighted by Crippen LogP contribution is 2.21. The minimum atomic E-state index is -0.308. The number of carbonyl (C=O) groups excluding carboxylic acids is 1. The normalized spacial score (nSPS) is 10.6. The summed E-state index contributed by atoms with van der Waals surface area (Å²) in [5.74, 6) is 0.693. The SMILES string of the molecule is O=C(COc1ccc(Cl)cc1)Nc1nn(Cc2ccc(Cl)cc2)cc1Br. The highest BCUT2D eigenvalue weighted by atomic mass is 79.9. The third kappa shape index (κ3) is 5.24. The Labute approximate surface area is 169 Å². The molecule has 2 aromatic carbocycles. The molecule has 0 saturated heterocycles. The zero-order valence-corrected chi connectivity index (χ0v) is 16.6. The fraction of sp³-hybridized carbons (Fsp3) is 0.111. The number of aromatic nitrogens is 2. The maximum Gasteiger partial charge on any atom is 0.263 e. The van der Waals surface area contributed by atoms with Crippen LogP contribution in [0.5, 0.6) is 5.75 Å². The predicted octanol–water partition coefficient (Wildman–Crippen LogP) is 5.02. The zero-order chi connectivity index (χ0) is 18.5. The van der Waals surface area contributed by atoms with Gasteiger partial charge in [-0.1, -0.05) is 35.3 Å². The number of ether oxygens (including phenoxy) is 1. The average molecular weight is 455 g/mol. The van der Waals surface area contributed by atoms with Crippen LogP contribution >= 0.6 is 39.1 Å². The van der Waals surface area contributed by atoms with Crippen molar-refractivity contribution < 1.29 is 9.53 Å². The molecule has 0 atom stereocenters. The lowest BCUT2D eigenvalue weighted by molar-refractivity contribution is -0.118. The molecule has 0 spiro atoms. The lowest BCUT2D eigenvalue weighted by Crippen LogP contribution is -2.20. The molecule has 3 rings (SSSR count). The number of halogens is 3. The summed E-state index contributed by atoms with van der Waals surface area (Å²) in [5.41, 5.74) is 1.05. The molecule has 0 bridgehead atoms. The van der Waals surface area contributed by atoms with Crippen molar-refractivity contribution in [1.29, 1.82) is 0 Å². The Kier molecular flexibility index (Phi) is 6.19. The molecule has 0 aliphatic carbocycles. The van der Waals surface area contributed by atoms with Crippen LogP contribution in [0, 0.1) is 0 Å². The van der Waals surface area contributed by atoms with Crippen LogP contribution < -0.4 is 10.1 Å². The Morgan fingerprint density at radius 2 is 1.69 bits per heavy atom. The van der Waals surface area contributed by atoms with Gasteiger partial charge < -0.3 is 10.1 Å². The lowest BCUT2D eigenvalue weighted by atomic mass is 10.2. The van der Waals surface area contributed by atoms with E-state index >= 15 is 0 Å². The Morgan fingerprint density at radius 1 is 1.08 bits per heavy atom. The molecule has 0 unspecified atom stereocenters. The van der Waals surface area contributed by atoms with Crippen molar-refractivity contribution in [2.24, 2.45) is 0 Å². The summed E-state index contributed by atoms with van der Waals surface area (Å²) in [6.07, 6.45) is 1.80. The first-order valence-electron chi connectivity index (χ1n) is 7.65. The van der Waals surface area contributed by atoms with Gasteiger partial charge in [0.1, 0.15) is 5.75 Å². The van der Waals surface area contributed by atoms with Crippen LogP contribution in [-0.4, -0.2) is 22.3 Å². The maximum absolute atomic E-state index is 12.1. The minimum absolute atomic E-state index is 0.127. The molecule has 26 heavy (non-hydrogen) atoms. The highest BCUT2D eigenvalue weighted by molar-refractivity contribution is 9.10. The monoisotopic (exact) mass is 453 g/mol. The van der Waals surface area contributed by atoms with E-state index in [0.29, 0.717) is 32.6 Å². The van der Waals surface area contributed by atoms with Gasteiger partial charge in [-0.15, -0.1) is 0 Å². The van der Waals surface area contributed by atoms with Crippen molar-refractivity contribution in [1.82, 2.24) is 9.78 Å². The van der Waals surface area contributed by atoms with E-state index in [1.807, 2.05) is 24.3 Å². The van der Waals surface area contributed by atoms with E-state index in [0.717, 1.165) is 5.56 Å². The van der Waals surface area contributed by atoms with Gasteiger partial charge in [0.2, 0.25) is 0 Å². The quantitative estimate of drug-likeness (QED) is 0.568. The topological polar surface area (TPSA) is 56.1 Å². The number of amides is 1. The first kappa shape index (κ1) is 18.8. The minimum Gasteiger partial charge on any atom is -0.484 e. The van der Waals surface area contributed by atoms with Crippen molar-refractivity contribution in [3.63, 3.8) is 0 Å². The average Bonchev–Trinajstić information content (AvgIpc) is 2.95. The number of anilines is 1. The standard InChI is InChI=1S/C18H14BrCl2N3O2/c19-16-10-24(9-12-1-3-13(20)4-2-12)23-18(16)22-17(25)11-26-15-7-5-14(21)6-8-15/h1-8,10H,9,11H2,(H,22,23,25). The van der Waals surface area contributed by atoms with Gasteiger partial charge in [-0.25, -0.2) is 0 Å². The number of carbonyl (C=O) groups is 1. The summed E-state index contributed by atoms with van der Waals surface area (Å²) < 4.78 is 7.83. The molecular formula is C18H14BrCl2N3O2. The molecule has 1 aromatic heterocycles. The van der Waals surface area contributed by atoms with E-state index in [1.54, 1.807) is 35.1 Å². The second kappa shape index (κ2) is 8.58. The Hall–Kier alpha value is -2.02. The molecule has 0 aliphatic heterocycles. The second-order valence-corrected chi connectivity index (χ2v) is 7.17. The summed E-state index contributed by atoms with van der Waals surface area (Å²) >= 11 is 15.1. The number of hydrogen-bond donors (Lipinski definition) is 1. The van der Waals surface area contributed by atoms with Gasteiger partial charge in [0.25, 0.3) is 5.91 Å². The van der Waals surface area contributed by atoms with E-state index in [9.17, 15) is 4.79 Å². The van der Waals surface area contributed by atoms with Crippen molar-refractivity contribution in [3.8, 4) is 5.75 Å². The molecular weight excluding hydrogens is 441 g/mol. The fourth-order valence-corrected chi connectivity index (χ4v) is 2.85. The fourth-order valence-electron chi connectivity index (χ4n) is 2.19. The van der Waals surface area contributed by atoms with Crippen molar-refractivity contribution >= 4 is 50.9 Å². The number of rotatable bonds is 6. The van der Waals surface area contributed by atoms with Gasteiger partial charge in [0.15, 0.2) is 12.4 Å². The Morgan fingerprint density at radius 3 is 2.35 bits per heavy atom. The van der Waals surface area contributed by atoms with Gasteiger partial charge in [-0.3, -0.25) is 9.48 Å². The van der Waals surface area contributed by atoms with Crippen LogP contribution in [0.4, 0.5) is 5.82 Å². The van der Waals surface area contributed by atoms with Crippen molar-refractivity contribution in [2.45, 2.75) is 6.54 Å². The predicted molar refractivity (Wildman–Crippen MR) is 106 cm³/mol. The molecule has 8 heteroatoms. The molecule has 3 aromatic rings. The first-order valence-corrected chi connectivity index (χ1v) is 9.20. The van der Waals surface area contributed by atoms with Crippen molar-refractivity contribution in [2.75, 3.05) is 11.9 Å². The third-order valence-electron chi connectivity index (χ3n) is 3.42.